The molecule has 9 rings (SSSR count). The molecular formula is C46H41O2Si. The van der Waals surface area contributed by atoms with E-state index in [4.69, 9.17) is 8.83 Å². The van der Waals surface area contributed by atoms with Crippen LogP contribution in [-0.2, 0) is 6.42 Å². The molecule has 4 aromatic carbocycles. The SMILES string of the molecule is Cc1ccc(C2=Cc3c(ccc(C)c3-c3ccccc3)C2C2=C(c3ccc(C)o3)Cc3c2c(-c2ccccc2)c(C)c(C)c3[Si]2CCC2)o1. The van der Waals surface area contributed by atoms with E-state index in [0.717, 1.165) is 29.5 Å². The summed E-state index contributed by atoms with van der Waals surface area (Å²) < 4.78 is 13.1. The monoisotopic (exact) mass is 653 g/mol. The number of benzene rings is 4. The molecule has 1 aliphatic heterocycles. The van der Waals surface area contributed by atoms with E-state index in [-0.39, 0.29) is 5.92 Å². The quantitative estimate of drug-likeness (QED) is 0.167. The van der Waals surface area contributed by atoms with Gasteiger partial charge in [0.05, 0.1) is 8.80 Å². The molecule has 0 saturated carbocycles. The number of aryl methyl sites for hydroxylation is 3. The Hall–Kier alpha value is -4.86. The Morgan fingerprint density at radius 1 is 0.612 bits per heavy atom. The van der Waals surface area contributed by atoms with Crippen molar-refractivity contribution in [3.63, 3.8) is 0 Å². The highest BCUT2D eigenvalue weighted by Gasteiger charge is 2.42. The van der Waals surface area contributed by atoms with Gasteiger partial charge in [0.2, 0.25) is 0 Å². The van der Waals surface area contributed by atoms with Crippen molar-refractivity contribution in [2.75, 3.05) is 0 Å². The lowest BCUT2D eigenvalue weighted by atomic mass is 9.78. The van der Waals surface area contributed by atoms with Crippen LogP contribution in [0, 0.1) is 34.6 Å². The van der Waals surface area contributed by atoms with Crippen LogP contribution < -0.4 is 5.19 Å². The Bertz CT molecular complexity index is 2330. The van der Waals surface area contributed by atoms with Crippen LogP contribution in [0.4, 0.5) is 0 Å². The third kappa shape index (κ3) is 4.74. The van der Waals surface area contributed by atoms with Crippen LogP contribution in [0.25, 0.3) is 45.0 Å². The van der Waals surface area contributed by atoms with Crippen molar-refractivity contribution in [2.45, 2.75) is 65.5 Å². The summed E-state index contributed by atoms with van der Waals surface area (Å²) in [6.07, 6.45) is 4.69. The highest BCUT2D eigenvalue weighted by molar-refractivity contribution is 6.76. The van der Waals surface area contributed by atoms with Gasteiger partial charge in [0.1, 0.15) is 23.0 Å². The van der Waals surface area contributed by atoms with Gasteiger partial charge in [0.15, 0.2) is 0 Å². The number of furan rings is 2. The lowest BCUT2D eigenvalue weighted by Gasteiger charge is -2.31. The average Bonchev–Trinajstić information content (AvgIpc) is 3.88. The smallest absolute Gasteiger partial charge is 0.131 e. The Kier molecular flexibility index (Phi) is 7.17. The molecule has 1 unspecified atom stereocenters. The minimum atomic E-state index is -0.605. The summed E-state index contributed by atoms with van der Waals surface area (Å²) in [5, 5.41) is 1.69. The van der Waals surface area contributed by atoms with Crippen molar-refractivity contribution in [1.29, 1.82) is 0 Å². The third-order valence-electron chi connectivity index (χ3n) is 11.3. The van der Waals surface area contributed by atoms with Crippen molar-refractivity contribution in [2.24, 2.45) is 0 Å². The number of rotatable bonds is 6. The highest BCUT2D eigenvalue weighted by Crippen LogP contribution is 2.58. The molecule has 3 aliphatic rings. The van der Waals surface area contributed by atoms with E-state index in [1.165, 1.54) is 90.9 Å². The van der Waals surface area contributed by atoms with Gasteiger partial charge in [-0.05, 0) is 132 Å². The fourth-order valence-corrected chi connectivity index (χ4v) is 11.4. The fourth-order valence-electron chi connectivity index (χ4n) is 8.80. The summed E-state index contributed by atoms with van der Waals surface area (Å²) in [6, 6.07) is 38.1. The maximum absolute atomic E-state index is 6.59. The molecule has 0 bridgehead atoms. The summed E-state index contributed by atoms with van der Waals surface area (Å²) in [6.45, 7) is 11.1. The Morgan fingerprint density at radius 3 is 1.84 bits per heavy atom. The lowest BCUT2D eigenvalue weighted by Crippen LogP contribution is -2.41. The van der Waals surface area contributed by atoms with Gasteiger partial charge in [-0.25, -0.2) is 0 Å². The number of hydrogen-bond acceptors (Lipinski definition) is 2. The van der Waals surface area contributed by atoms with E-state index < -0.39 is 8.80 Å². The van der Waals surface area contributed by atoms with Crippen LogP contribution >= 0.6 is 0 Å². The summed E-state index contributed by atoms with van der Waals surface area (Å²) in [5.41, 5.74) is 19.0. The van der Waals surface area contributed by atoms with E-state index in [1.807, 2.05) is 0 Å². The van der Waals surface area contributed by atoms with E-state index in [1.54, 1.807) is 10.8 Å². The predicted octanol–water partition coefficient (Wildman–Crippen LogP) is 11.7. The normalized spacial score (nSPS) is 16.9. The molecule has 1 radical (unpaired) electrons. The largest absolute Gasteiger partial charge is 0.462 e. The van der Waals surface area contributed by atoms with Gasteiger partial charge in [-0.1, -0.05) is 96.5 Å². The molecule has 0 spiro atoms. The van der Waals surface area contributed by atoms with E-state index >= 15 is 0 Å². The minimum absolute atomic E-state index is 0.0127. The van der Waals surface area contributed by atoms with Gasteiger partial charge in [0, 0.05) is 23.5 Å². The molecule has 49 heavy (non-hydrogen) atoms. The first-order valence-electron chi connectivity index (χ1n) is 17.7. The van der Waals surface area contributed by atoms with Gasteiger partial charge in [-0.2, -0.15) is 0 Å². The summed E-state index contributed by atoms with van der Waals surface area (Å²) in [5.74, 6) is 3.81. The van der Waals surface area contributed by atoms with Gasteiger partial charge in [-0.3, -0.25) is 0 Å². The molecule has 6 aromatic rings. The molecule has 2 nitrogen and oxygen atoms in total. The van der Waals surface area contributed by atoms with E-state index in [9.17, 15) is 0 Å². The Balaban J connectivity index is 1.40. The van der Waals surface area contributed by atoms with Crippen molar-refractivity contribution in [3.05, 3.63) is 159 Å². The van der Waals surface area contributed by atoms with Crippen molar-refractivity contribution >= 4 is 36.8 Å². The van der Waals surface area contributed by atoms with Gasteiger partial charge in [-0.15, -0.1) is 0 Å². The highest BCUT2D eigenvalue weighted by atomic mass is 28.3. The molecule has 3 heterocycles. The average molecular weight is 654 g/mol. The van der Waals surface area contributed by atoms with Crippen LogP contribution in [0.2, 0.25) is 12.1 Å². The van der Waals surface area contributed by atoms with Crippen LogP contribution in [0.15, 0.2) is 106 Å². The van der Waals surface area contributed by atoms with Crippen molar-refractivity contribution in [1.82, 2.24) is 0 Å². The Morgan fingerprint density at radius 2 is 1.24 bits per heavy atom. The van der Waals surface area contributed by atoms with Crippen molar-refractivity contribution < 1.29 is 8.83 Å². The van der Waals surface area contributed by atoms with E-state index in [0.29, 0.717) is 0 Å². The topological polar surface area (TPSA) is 26.3 Å². The van der Waals surface area contributed by atoms with Gasteiger partial charge >= 0.3 is 0 Å². The first kappa shape index (κ1) is 30.2. The third-order valence-corrected chi connectivity index (χ3v) is 14.6. The predicted molar refractivity (Wildman–Crippen MR) is 206 cm³/mol. The first-order valence-corrected chi connectivity index (χ1v) is 19.6. The van der Waals surface area contributed by atoms with Crippen LogP contribution in [-0.4, -0.2) is 8.80 Å². The molecule has 2 aromatic heterocycles. The molecule has 2 aliphatic carbocycles. The molecule has 241 valence electrons. The molecule has 0 N–H and O–H groups in total. The van der Waals surface area contributed by atoms with Crippen LogP contribution in [0.1, 0.15) is 74.3 Å². The van der Waals surface area contributed by atoms with Gasteiger partial charge in [0.25, 0.3) is 0 Å². The zero-order chi connectivity index (χ0) is 33.4. The van der Waals surface area contributed by atoms with E-state index in [2.05, 4.69) is 138 Å². The first-order chi connectivity index (χ1) is 23.9. The maximum Gasteiger partial charge on any atom is 0.131 e. The number of fused-ring (bicyclic) bond motifs is 2. The zero-order valence-corrected chi connectivity index (χ0v) is 30.0. The molecule has 1 fully saturated rings. The summed E-state index contributed by atoms with van der Waals surface area (Å²) >= 11 is 0. The molecular weight excluding hydrogens is 613 g/mol. The zero-order valence-electron chi connectivity index (χ0n) is 29.0. The van der Waals surface area contributed by atoms with Gasteiger partial charge < -0.3 is 8.83 Å². The number of allylic oxidation sites excluding steroid dienone is 3. The maximum atomic E-state index is 6.59. The standard InChI is InChI=1S/C46H41O2Si/c1-27-17-20-34-35(41(27)32-13-8-6-9-14-32)25-36(39-21-18-28(2)47-39)43(34)44-37(40-22-19-29(3)48-40)26-38-45(44)42(33-15-10-7-11-16-33)30(4)31(5)46(38)49-23-12-24-49/h6-11,13-22,25,43H,12,23-24,26H2,1-5H3. The number of hydrogen-bond donors (Lipinski definition) is 0. The molecule has 0 amide bonds. The summed E-state index contributed by atoms with van der Waals surface area (Å²) in [4.78, 5) is 0. The fraction of sp³-hybridized carbons (Fsp3) is 0.217. The minimum Gasteiger partial charge on any atom is -0.462 e. The second-order valence-corrected chi connectivity index (χ2v) is 16.9. The van der Waals surface area contributed by atoms with Crippen LogP contribution in [0.3, 0.4) is 0 Å². The molecule has 1 saturated heterocycles. The van der Waals surface area contributed by atoms with Crippen molar-refractivity contribution in [3.8, 4) is 22.3 Å². The molecule has 1 atom stereocenters. The lowest BCUT2D eigenvalue weighted by molar-refractivity contribution is 0.518. The summed E-state index contributed by atoms with van der Waals surface area (Å²) in [7, 11) is -0.605. The second-order valence-electron chi connectivity index (χ2n) is 14.2. The van der Waals surface area contributed by atoms with Crippen LogP contribution in [0.5, 0.6) is 0 Å². The second kappa shape index (κ2) is 11.6. The Labute approximate surface area is 291 Å². The molecule has 3 heteroatoms.